The van der Waals surface area contributed by atoms with E-state index >= 15 is 0 Å². The fourth-order valence-corrected chi connectivity index (χ4v) is 4.25. The van der Waals surface area contributed by atoms with Crippen molar-refractivity contribution in [2.45, 2.75) is 17.2 Å². The lowest BCUT2D eigenvalue weighted by Crippen LogP contribution is -2.26. The van der Waals surface area contributed by atoms with Crippen LogP contribution in [0.2, 0.25) is 0 Å². The van der Waals surface area contributed by atoms with E-state index in [0.717, 1.165) is 21.4 Å². The van der Waals surface area contributed by atoms with Gasteiger partial charge in [-0.15, -0.1) is 11.3 Å². The molecule has 0 spiro atoms. The summed E-state index contributed by atoms with van der Waals surface area (Å²) >= 11 is 4.30. The molecule has 0 fully saturated rings. The van der Waals surface area contributed by atoms with E-state index in [1.165, 1.54) is 12.1 Å². The highest BCUT2D eigenvalue weighted by Crippen LogP contribution is 2.23. The number of nitriles is 1. The largest absolute Gasteiger partial charge is 0.250 e. The molecule has 0 bridgehead atoms. The van der Waals surface area contributed by atoms with Gasteiger partial charge in [0.1, 0.15) is 15.2 Å². The van der Waals surface area contributed by atoms with Gasteiger partial charge in [-0.2, -0.15) is 5.26 Å². The third kappa shape index (κ3) is 3.46. The van der Waals surface area contributed by atoms with Crippen molar-refractivity contribution in [3.63, 3.8) is 0 Å². The van der Waals surface area contributed by atoms with Gasteiger partial charge in [0.05, 0.1) is 0 Å². The molecule has 0 aliphatic rings. The zero-order valence-electron chi connectivity index (χ0n) is 10.5. The summed E-state index contributed by atoms with van der Waals surface area (Å²) in [6.45, 7) is 1.78. The molecular weight excluding hydrogens is 360 g/mol. The highest BCUT2D eigenvalue weighted by Gasteiger charge is 2.20. The van der Waals surface area contributed by atoms with Gasteiger partial charge in [-0.3, -0.25) is 0 Å². The second-order valence-electron chi connectivity index (χ2n) is 4.13. The first kappa shape index (κ1) is 15.2. The number of hydrogen-bond acceptors (Lipinski definition) is 4. The monoisotopic (exact) mass is 370 g/mol. The van der Waals surface area contributed by atoms with Crippen molar-refractivity contribution >= 4 is 37.3 Å². The Morgan fingerprint density at radius 2 is 1.90 bits per heavy atom. The van der Waals surface area contributed by atoms with Crippen LogP contribution >= 0.6 is 27.3 Å². The van der Waals surface area contributed by atoms with E-state index in [9.17, 15) is 8.42 Å². The maximum atomic E-state index is 12.2. The molecule has 0 aliphatic carbocycles. The number of rotatable bonds is 4. The van der Waals surface area contributed by atoms with E-state index in [1.807, 2.05) is 30.3 Å². The molecule has 7 heteroatoms. The molecule has 1 N–H and O–H groups in total. The quantitative estimate of drug-likeness (QED) is 0.895. The number of benzene rings is 1. The standard InChI is InChI=1S/C13H11BrN2O2S2/c1-9(10-2-4-11(14)5-3-10)16-20(17,18)13-7-6-12(8-15)19-13/h2-7,9,16H,1H3. The van der Waals surface area contributed by atoms with Gasteiger partial charge < -0.3 is 0 Å². The second-order valence-corrected chi connectivity index (χ2v) is 8.07. The Balaban J connectivity index is 2.20. The molecule has 0 saturated carbocycles. The Morgan fingerprint density at radius 3 is 2.45 bits per heavy atom. The molecule has 1 aromatic heterocycles. The van der Waals surface area contributed by atoms with E-state index in [0.29, 0.717) is 4.88 Å². The lowest BCUT2D eigenvalue weighted by atomic mass is 10.1. The molecule has 0 amide bonds. The Labute approximate surface area is 130 Å². The predicted molar refractivity (Wildman–Crippen MR) is 81.9 cm³/mol. The molecule has 0 aliphatic heterocycles. The van der Waals surface area contributed by atoms with Crippen LogP contribution in [0.3, 0.4) is 0 Å². The summed E-state index contributed by atoms with van der Waals surface area (Å²) in [5.41, 5.74) is 0.869. The number of thiophene rings is 1. The molecule has 0 radical (unpaired) electrons. The van der Waals surface area contributed by atoms with Gasteiger partial charge in [-0.05, 0) is 36.8 Å². The van der Waals surface area contributed by atoms with E-state index in [-0.39, 0.29) is 10.3 Å². The van der Waals surface area contributed by atoms with Gasteiger partial charge in [0.25, 0.3) is 10.0 Å². The average Bonchev–Trinajstić information content (AvgIpc) is 2.88. The van der Waals surface area contributed by atoms with Gasteiger partial charge >= 0.3 is 0 Å². The molecule has 2 rings (SSSR count). The predicted octanol–water partition coefficient (Wildman–Crippen LogP) is 3.42. The van der Waals surface area contributed by atoms with E-state index in [2.05, 4.69) is 20.7 Å². The molecule has 20 heavy (non-hydrogen) atoms. The number of nitrogens with zero attached hydrogens (tertiary/aromatic N) is 1. The summed E-state index contributed by atoms with van der Waals surface area (Å²) in [6.07, 6.45) is 0. The van der Waals surface area contributed by atoms with Crippen LogP contribution in [0.15, 0.2) is 45.1 Å². The molecule has 1 heterocycles. The molecular formula is C13H11BrN2O2S2. The third-order valence-corrected chi connectivity index (χ3v) is 6.21. The number of hydrogen-bond donors (Lipinski definition) is 1. The van der Waals surface area contributed by atoms with Crippen molar-refractivity contribution in [1.82, 2.24) is 4.72 Å². The smallest absolute Gasteiger partial charge is 0.206 e. The normalized spacial score (nSPS) is 12.8. The molecule has 4 nitrogen and oxygen atoms in total. The Hall–Kier alpha value is -1.20. The van der Waals surface area contributed by atoms with E-state index in [4.69, 9.17) is 5.26 Å². The van der Waals surface area contributed by atoms with Gasteiger partial charge in [-0.1, -0.05) is 28.1 Å². The van der Waals surface area contributed by atoms with Gasteiger partial charge in [-0.25, -0.2) is 13.1 Å². The molecule has 0 saturated heterocycles. The SMILES string of the molecule is CC(NS(=O)(=O)c1ccc(C#N)s1)c1ccc(Br)cc1. The molecule has 1 atom stereocenters. The van der Waals surface area contributed by atoms with Crippen molar-refractivity contribution in [3.05, 3.63) is 51.3 Å². The average molecular weight is 371 g/mol. The van der Waals surface area contributed by atoms with Gasteiger partial charge in [0.15, 0.2) is 0 Å². The zero-order valence-corrected chi connectivity index (χ0v) is 13.7. The van der Waals surface area contributed by atoms with Crippen LogP contribution in [0.1, 0.15) is 23.4 Å². The lowest BCUT2D eigenvalue weighted by molar-refractivity contribution is 0.569. The minimum Gasteiger partial charge on any atom is -0.206 e. The van der Waals surface area contributed by atoms with E-state index < -0.39 is 10.0 Å². The topological polar surface area (TPSA) is 70.0 Å². The molecule has 1 aromatic carbocycles. The van der Waals surface area contributed by atoms with Crippen molar-refractivity contribution in [1.29, 1.82) is 5.26 Å². The first-order valence-electron chi connectivity index (χ1n) is 5.70. The fourth-order valence-electron chi connectivity index (χ4n) is 1.63. The summed E-state index contributed by atoms with van der Waals surface area (Å²) in [4.78, 5) is 0.377. The second kappa shape index (κ2) is 6.06. The first-order valence-corrected chi connectivity index (χ1v) is 8.79. The minimum absolute atomic E-state index is 0.151. The van der Waals surface area contributed by atoms with Crippen LogP contribution in [0.4, 0.5) is 0 Å². The highest BCUT2D eigenvalue weighted by molar-refractivity contribution is 9.10. The number of sulfonamides is 1. The van der Waals surface area contributed by atoms with E-state index in [1.54, 1.807) is 6.92 Å². The van der Waals surface area contributed by atoms with Crippen LogP contribution < -0.4 is 4.72 Å². The van der Waals surface area contributed by atoms with Crippen molar-refractivity contribution in [2.24, 2.45) is 0 Å². The maximum absolute atomic E-state index is 12.2. The number of nitrogens with one attached hydrogen (secondary N) is 1. The van der Waals surface area contributed by atoms with Crippen molar-refractivity contribution in [2.75, 3.05) is 0 Å². The maximum Gasteiger partial charge on any atom is 0.250 e. The third-order valence-electron chi connectivity index (χ3n) is 2.66. The Kier molecular flexibility index (Phi) is 4.60. The first-order chi connectivity index (χ1) is 9.42. The van der Waals surface area contributed by atoms with Gasteiger partial charge in [0, 0.05) is 10.5 Å². The molecule has 104 valence electrons. The van der Waals surface area contributed by atoms with Crippen LogP contribution in [0, 0.1) is 11.3 Å². The Bertz CT molecular complexity index is 745. The highest BCUT2D eigenvalue weighted by atomic mass is 79.9. The summed E-state index contributed by atoms with van der Waals surface area (Å²) in [5.74, 6) is 0. The number of halogens is 1. The van der Waals surface area contributed by atoms with Crippen molar-refractivity contribution < 1.29 is 8.42 Å². The minimum atomic E-state index is -3.60. The summed E-state index contributed by atoms with van der Waals surface area (Å²) in [7, 11) is -3.60. The van der Waals surface area contributed by atoms with Crippen LogP contribution in [-0.4, -0.2) is 8.42 Å². The fraction of sp³-hybridized carbons (Fsp3) is 0.154. The molecule has 1 unspecified atom stereocenters. The van der Waals surface area contributed by atoms with Crippen LogP contribution in [-0.2, 0) is 10.0 Å². The Morgan fingerprint density at radius 1 is 1.25 bits per heavy atom. The van der Waals surface area contributed by atoms with Crippen LogP contribution in [0.5, 0.6) is 0 Å². The van der Waals surface area contributed by atoms with Crippen LogP contribution in [0.25, 0.3) is 0 Å². The lowest BCUT2D eigenvalue weighted by Gasteiger charge is -2.13. The van der Waals surface area contributed by atoms with Gasteiger partial charge in [0.2, 0.25) is 0 Å². The summed E-state index contributed by atoms with van der Waals surface area (Å²) < 4.78 is 28.1. The zero-order chi connectivity index (χ0) is 14.8. The summed E-state index contributed by atoms with van der Waals surface area (Å²) in [5, 5.41) is 8.74. The molecule has 2 aromatic rings. The van der Waals surface area contributed by atoms with Crippen molar-refractivity contribution in [3.8, 4) is 6.07 Å². The summed E-state index contributed by atoms with van der Waals surface area (Å²) in [6, 6.07) is 12.0.